The second-order valence-electron chi connectivity index (χ2n) is 6.04. The predicted molar refractivity (Wildman–Crippen MR) is 110 cm³/mol. The average Bonchev–Trinajstić information content (AvgIpc) is 2.61. The summed E-state index contributed by atoms with van der Waals surface area (Å²) in [4.78, 5) is 24.1. The van der Waals surface area contributed by atoms with Gasteiger partial charge in [-0.15, -0.1) is 11.8 Å². The summed E-state index contributed by atoms with van der Waals surface area (Å²) in [6.07, 6.45) is 0.720. The third-order valence-corrected chi connectivity index (χ3v) is 5.15. The molecule has 0 radical (unpaired) electrons. The molecule has 0 aromatic heterocycles. The highest BCUT2D eigenvalue weighted by Crippen LogP contribution is 2.14. The SMILES string of the molecule is Cc1ccc(NC(=O)CSC(C)C(=O)NCCc2cccc(Cl)c2)cc1. The fraction of sp³-hybridized carbons (Fsp3) is 0.300. The Morgan fingerprint density at radius 1 is 1.15 bits per heavy atom. The first-order chi connectivity index (χ1) is 12.4. The van der Waals surface area contributed by atoms with Gasteiger partial charge in [0.05, 0.1) is 11.0 Å². The minimum absolute atomic E-state index is 0.0693. The Bertz CT molecular complexity index is 750. The molecule has 0 aliphatic rings. The molecule has 1 unspecified atom stereocenters. The number of aryl methyl sites for hydroxylation is 1. The zero-order valence-electron chi connectivity index (χ0n) is 14.9. The Morgan fingerprint density at radius 3 is 2.58 bits per heavy atom. The van der Waals surface area contributed by atoms with Gasteiger partial charge in [0, 0.05) is 17.3 Å². The molecule has 2 N–H and O–H groups in total. The topological polar surface area (TPSA) is 58.2 Å². The number of hydrogen-bond donors (Lipinski definition) is 2. The van der Waals surface area contributed by atoms with Crippen LogP contribution in [-0.2, 0) is 16.0 Å². The van der Waals surface area contributed by atoms with Crippen molar-refractivity contribution in [2.24, 2.45) is 0 Å². The summed E-state index contributed by atoms with van der Waals surface area (Å²) >= 11 is 7.26. The average molecular weight is 391 g/mol. The minimum Gasteiger partial charge on any atom is -0.355 e. The second kappa shape index (κ2) is 10.2. The van der Waals surface area contributed by atoms with E-state index >= 15 is 0 Å². The molecule has 0 saturated heterocycles. The normalized spacial score (nSPS) is 11.7. The van der Waals surface area contributed by atoms with Crippen molar-refractivity contribution in [2.75, 3.05) is 17.6 Å². The van der Waals surface area contributed by atoms with Gasteiger partial charge in [-0.2, -0.15) is 0 Å². The van der Waals surface area contributed by atoms with Gasteiger partial charge in [0.25, 0.3) is 0 Å². The molecule has 2 amide bonds. The molecule has 2 aromatic rings. The van der Waals surface area contributed by atoms with Gasteiger partial charge in [0.15, 0.2) is 0 Å². The lowest BCUT2D eigenvalue weighted by molar-refractivity contribution is -0.120. The Hall–Kier alpha value is -1.98. The van der Waals surface area contributed by atoms with Crippen molar-refractivity contribution in [1.29, 1.82) is 0 Å². The number of amides is 2. The number of thioether (sulfide) groups is 1. The number of hydrogen-bond acceptors (Lipinski definition) is 3. The quantitative estimate of drug-likeness (QED) is 0.714. The Kier molecular flexibility index (Phi) is 8.01. The summed E-state index contributed by atoms with van der Waals surface area (Å²) in [6.45, 7) is 4.34. The van der Waals surface area contributed by atoms with E-state index in [1.54, 1.807) is 6.92 Å². The van der Waals surface area contributed by atoms with E-state index in [0.717, 1.165) is 23.2 Å². The van der Waals surface area contributed by atoms with Crippen molar-refractivity contribution in [3.05, 3.63) is 64.7 Å². The number of carbonyl (C=O) groups is 2. The van der Waals surface area contributed by atoms with Gasteiger partial charge in [-0.05, 0) is 50.1 Å². The molecule has 0 saturated carbocycles. The highest BCUT2D eigenvalue weighted by atomic mass is 35.5. The predicted octanol–water partition coefficient (Wildman–Crippen LogP) is 4.07. The van der Waals surface area contributed by atoms with Crippen LogP contribution in [-0.4, -0.2) is 29.4 Å². The lowest BCUT2D eigenvalue weighted by Crippen LogP contribution is -2.33. The Balaban J connectivity index is 1.67. The fourth-order valence-electron chi connectivity index (χ4n) is 2.28. The molecule has 26 heavy (non-hydrogen) atoms. The molecule has 2 aromatic carbocycles. The number of carbonyl (C=O) groups excluding carboxylic acids is 2. The fourth-order valence-corrected chi connectivity index (χ4v) is 3.20. The standard InChI is InChI=1S/C20H23ClN2O2S/c1-14-6-8-18(9-7-14)23-19(24)13-26-15(2)20(25)22-11-10-16-4-3-5-17(21)12-16/h3-9,12,15H,10-11,13H2,1-2H3,(H,22,25)(H,23,24). The molecule has 0 aliphatic carbocycles. The smallest absolute Gasteiger partial charge is 0.234 e. The second-order valence-corrected chi connectivity index (χ2v) is 7.80. The van der Waals surface area contributed by atoms with Gasteiger partial charge in [-0.3, -0.25) is 9.59 Å². The van der Waals surface area contributed by atoms with Crippen molar-refractivity contribution < 1.29 is 9.59 Å². The first kappa shape index (κ1) is 20.3. The molecule has 2 rings (SSSR count). The number of nitrogens with one attached hydrogen (secondary N) is 2. The van der Waals surface area contributed by atoms with E-state index in [1.807, 2.05) is 55.5 Å². The van der Waals surface area contributed by atoms with Gasteiger partial charge >= 0.3 is 0 Å². The van der Waals surface area contributed by atoms with E-state index in [2.05, 4.69) is 10.6 Å². The molecule has 0 aliphatic heterocycles. The largest absolute Gasteiger partial charge is 0.355 e. The van der Waals surface area contributed by atoms with Gasteiger partial charge < -0.3 is 10.6 Å². The van der Waals surface area contributed by atoms with Crippen molar-refractivity contribution in [3.8, 4) is 0 Å². The van der Waals surface area contributed by atoms with E-state index in [-0.39, 0.29) is 22.8 Å². The lowest BCUT2D eigenvalue weighted by atomic mass is 10.1. The van der Waals surface area contributed by atoms with E-state index in [0.29, 0.717) is 11.6 Å². The van der Waals surface area contributed by atoms with Crippen LogP contribution in [0.4, 0.5) is 5.69 Å². The van der Waals surface area contributed by atoms with E-state index in [9.17, 15) is 9.59 Å². The van der Waals surface area contributed by atoms with E-state index < -0.39 is 0 Å². The number of benzene rings is 2. The maximum Gasteiger partial charge on any atom is 0.234 e. The minimum atomic E-state index is -0.293. The summed E-state index contributed by atoms with van der Waals surface area (Å²) in [5.74, 6) is 0.0501. The molecule has 0 bridgehead atoms. The maximum absolute atomic E-state index is 12.1. The van der Waals surface area contributed by atoms with Crippen molar-refractivity contribution in [3.63, 3.8) is 0 Å². The first-order valence-corrected chi connectivity index (χ1v) is 9.87. The first-order valence-electron chi connectivity index (χ1n) is 8.44. The molecule has 6 heteroatoms. The maximum atomic E-state index is 12.1. The number of rotatable bonds is 8. The molecule has 0 fully saturated rings. The lowest BCUT2D eigenvalue weighted by Gasteiger charge is -2.12. The third-order valence-electron chi connectivity index (χ3n) is 3.77. The van der Waals surface area contributed by atoms with Crippen LogP contribution in [0.1, 0.15) is 18.1 Å². The zero-order chi connectivity index (χ0) is 18.9. The third kappa shape index (κ3) is 7.10. The summed E-state index contributed by atoms with van der Waals surface area (Å²) in [5.41, 5.74) is 2.98. The molecule has 138 valence electrons. The van der Waals surface area contributed by atoms with Crippen LogP contribution < -0.4 is 10.6 Å². The van der Waals surface area contributed by atoms with E-state index in [1.165, 1.54) is 11.8 Å². The summed E-state index contributed by atoms with van der Waals surface area (Å²) < 4.78 is 0. The highest BCUT2D eigenvalue weighted by molar-refractivity contribution is 8.01. The van der Waals surface area contributed by atoms with Crippen LogP contribution in [0.3, 0.4) is 0 Å². The van der Waals surface area contributed by atoms with Gasteiger partial charge in [-0.25, -0.2) is 0 Å². The molecular formula is C20H23ClN2O2S. The van der Waals surface area contributed by atoms with Gasteiger partial charge in [-0.1, -0.05) is 41.4 Å². The number of anilines is 1. The Morgan fingerprint density at radius 2 is 1.88 bits per heavy atom. The van der Waals surface area contributed by atoms with Crippen LogP contribution in [0.25, 0.3) is 0 Å². The number of halogens is 1. The summed E-state index contributed by atoms with van der Waals surface area (Å²) in [6, 6.07) is 15.2. The monoisotopic (exact) mass is 390 g/mol. The van der Waals surface area contributed by atoms with Crippen molar-refractivity contribution >= 4 is 40.9 Å². The molecular weight excluding hydrogens is 368 g/mol. The zero-order valence-corrected chi connectivity index (χ0v) is 16.5. The molecule has 4 nitrogen and oxygen atoms in total. The molecule has 0 spiro atoms. The summed E-state index contributed by atoms with van der Waals surface area (Å²) in [5, 5.41) is 6.12. The molecule has 0 heterocycles. The van der Waals surface area contributed by atoms with Crippen LogP contribution >= 0.6 is 23.4 Å². The van der Waals surface area contributed by atoms with Crippen LogP contribution in [0, 0.1) is 6.92 Å². The summed E-state index contributed by atoms with van der Waals surface area (Å²) in [7, 11) is 0. The van der Waals surface area contributed by atoms with Crippen LogP contribution in [0.2, 0.25) is 5.02 Å². The van der Waals surface area contributed by atoms with Gasteiger partial charge in [0.1, 0.15) is 0 Å². The van der Waals surface area contributed by atoms with Gasteiger partial charge in [0.2, 0.25) is 11.8 Å². The van der Waals surface area contributed by atoms with E-state index in [4.69, 9.17) is 11.6 Å². The molecule has 1 atom stereocenters. The van der Waals surface area contributed by atoms with Crippen LogP contribution in [0.15, 0.2) is 48.5 Å². The Labute approximate surface area is 163 Å². The van der Waals surface area contributed by atoms with Crippen molar-refractivity contribution in [2.45, 2.75) is 25.5 Å². The highest BCUT2D eigenvalue weighted by Gasteiger charge is 2.15. The van der Waals surface area contributed by atoms with Crippen LogP contribution in [0.5, 0.6) is 0 Å². The van der Waals surface area contributed by atoms with Crippen molar-refractivity contribution in [1.82, 2.24) is 5.32 Å².